The van der Waals surface area contributed by atoms with Gasteiger partial charge in [0.05, 0.1) is 9.90 Å². The molecule has 6 nitrogen and oxygen atoms in total. The highest BCUT2D eigenvalue weighted by Crippen LogP contribution is 2.38. The first-order valence-corrected chi connectivity index (χ1v) is 5.90. The smallest absolute Gasteiger partial charge is 0.374 e. The molecule has 0 spiro atoms. The van der Waals surface area contributed by atoms with Crippen molar-refractivity contribution in [1.29, 1.82) is 0 Å². The summed E-state index contributed by atoms with van der Waals surface area (Å²) < 4.78 is 5.47. The highest BCUT2D eigenvalue weighted by atomic mass is 35.5. The molecule has 2 heterocycles. The van der Waals surface area contributed by atoms with Crippen LogP contribution in [0.3, 0.4) is 0 Å². The van der Waals surface area contributed by atoms with Gasteiger partial charge in [-0.05, 0) is 6.07 Å². The second-order valence-corrected chi connectivity index (χ2v) is 5.33. The number of carboxylic acid groups (broad SMARTS) is 2. The maximum absolute atomic E-state index is 10.8. The molecular formula is C9H3Cl2NO5S. The van der Waals surface area contributed by atoms with E-state index in [-0.39, 0.29) is 15.8 Å². The topological polar surface area (TPSA) is 101 Å². The molecule has 0 aliphatic heterocycles. The first kappa shape index (κ1) is 12.9. The van der Waals surface area contributed by atoms with Crippen molar-refractivity contribution >= 4 is 46.5 Å². The van der Waals surface area contributed by atoms with Crippen molar-refractivity contribution in [2.45, 2.75) is 0 Å². The Bertz CT molecular complexity index is 616. The summed E-state index contributed by atoms with van der Waals surface area (Å²) in [5.41, 5.74) is -0.433. The van der Waals surface area contributed by atoms with Gasteiger partial charge >= 0.3 is 11.9 Å². The van der Waals surface area contributed by atoms with E-state index in [4.69, 9.17) is 37.8 Å². The molecule has 0 saturated heterocycles. The summed E-state index contributed by atoms with van der Waals surface area (Å²) in [7, 11) is 0. The van der Waals surface area contributed by atoms with Crippen molar-refractivity contribution < 1.29 is 24.2 Å². The Labute approximate surface area is 113 Å². The minimum atomic E-state index is -1.52. The highest BCUT2D eigenvalue weighted by molar-refractivity contribution is 7.20. The van der Waals surface area contributed by atoms with E-state index in [9.17, 15) is 9.59 Å². The number of aromatic nitrogens is 1. The van der Waals surface area contributed by atoms with Crippen molar-refractivity contribution in [1.82, 2.24) is 4.98 Å². The van der Waals surface area contributed by atoms with Gasteiger partial charge < -0.3 is 14.6 Å². The molecule has 2 rings (SSSR count). The Hall–Kier alpha value is -1.57. The van der Waals surface area contributed by atoms with Crippen LogP contribution in [0.4, 0.5) is 0 Å². The third kappa shape index (κ3) is 2.20. The van der Waals surface area contributed by atoms with Gasteiger partial charge in [-0.1, -0.05) is 23.2 Å². The predicted molar refractivity (Wildman–Crippen MR) is 63.8 cm³/mol. The van der Waals surface area contributed by atoms with Crippen LogP contribution in [-0.2, 0) is 0 Å². The lowest BCUT2D eigenvalue weighted by Gasteiger charge is -1.89. The van der Waals surface area contributed by atoms with Crippen molar-refractivity contribution in [2.75, 3.05) is 0 Å². The molecule has 2 aromatic rings. The van der Waals surface area contributed by atoms with Gasteiger partial charge in [0, 0.05) is 0 Å². The number of carbonyl (C=O) groups is 2. The van der Waals surface area contributed by atoms with Crippen LogP contribution in [0, 0.1) is 0 Å². The summed E-state index contributed by atoms with van der Waals surface area (Å²) in [6.45, 7) is 0. The van der Waals surface area contributed by atoms with E-state index in [2.05, 4.69) is 4.98 Å². The molecule has 0 aliphatic carbocycles. The quantitative estimate of drug-likeness (QED) is 0.903. The number of hydrogen-bond donors (Lipinski definition) is 2. The molecular weight excluding hydrogens is 305 g/mol. The molecule has 0 fully saturated rings. The highest BCUT2D eigenvalue weighted by Gasteiger charge is 2.26. The Balaban J connectivity index is 2.60. The molecule has 94 valence electrons. The number of nitrogens with zero attached hydrogens (tertiary/aromatic N) is 1. The molecule has 0 aromatic carbocycles. The average molecular weight is 308 g/mol. The lowest BCUT2D eigenvalue weighted by atomic mass is 10.3. The van der Waals surface area contributed by atoms with Gasteiger partial charge in [0.1, 0.15) is 4.34 Å². The van der Waals surface area contributed by atoms with Crippen LogP contribution in [-0.4, -0.2) is 27.1 Å². The minimum absolute atomic E-state index is 0.196. The number of hydrogen-bond acceptors (Lipinski definition) is 5. The zero-order valence-corrected chi connectivity index (χ0v) is 10.6. The zero-order valence-electron chi connectivity index (χ0n) is 8.31. The summed E-state index contributed by atoms with van der Waals surface area (Å²) in [5, 5.41) is 17.6. The first-order chi connectivity index (χ1) is 8.40. The molecule has 0 unspecified atom stereocenters. The fraction of sp³-hybridized carbons (Fsp3) is 0. The second-order valence-electron chi connectivity index (χ2n) is 3.04. The molecule has 2 aromatic heterocycles. The molecule has 0 bridgehead atoms. The Morgan fingerprint density at radius 2 is 1.94 bits per heavy atom. The SMILES string of the molecule is O=C(O)c1nc(-c2cc(Cl)sc2Cl)oc1C(=O)O. The third-order valence-electron chi connectivity index (χ3n) is 1.91. The number of rotatable bonds is 3. The van der Waals surface area contributed by atoms with Crippen molar-refractivity contribution in [3.8, 4) is 11.5 Å². The van der Waals surface area contributed by atoms with E-state index in [0.717, 1.165) is 11.3 Å². The van der Waals surface area contributed by atoms with Crippen LogP contribution in [0.5, 0.6) is 0 Å². The fourth-order valence-electron chi connectivity index (χ4n) is 1.21. The van der Waals surface area contributed by atoms with Crippen LogP contribution < -0.4 is 0 Å². The van der Waals surface area contributed by atoms with Crippen molar-refractivity contribution in [2.24, 2.45) is 0 Å². The van der Waals surface area contributed by atoms with Gasteiger partial charge in [0.2, 0.25) is 17.3 Å². The van der Waals surface area contributed by atoms with Crippen LogP contribution >= 0.6 is 34.5 Å². The van der Waals surface area contributed by atoms with Gasteiger partial charge in [-0.3, -0.25) is 0 Å². The van der Waals surface area contributed by atoms with Crippen LogP contribution in [0.25, 0.3) is 11.5 Å². The standard InChI is InChI=1S/C9H3Cl2NO5S/c10-3-1-2(6(11)18-3)7-12-4(8(13)14)5(17-7)9(15)16/h1H,(H,13,14)(H,15,16). The fourth-order valence-corrected chi connectivity index (χ4v) is 2.66. The van der Waals surface area contributed by atoms with Crippen molar-refractivity contribution in [3.63, 3.8) is 0 Å². The maximum Gasteiger partial charge on any atom is 0.374 e. The van der Waals surface area contributed by atoms with Gasteiger partial charge in [-0.25, -0.2) is 14.6 Å². The molecule has 0 radical (unpaired) electrons. The molecule has 9 heteroatoms. The van der Waals surface area contributed by atoms with Gasteiger partial charge in [0.25, 0.3) is 0 Å². The zero-order chi connectivity index (χ0) is 13.4. The summed E-state index contributed by atoms with van der Waals surface area (Å²) in [5.74, 6) is -3.97. The van der Waals surface area contributed by atoms with E-state index >= 15 is 0 Å². The predicted octanol–water partition coefficient (Wildman–Crippen LogP) is 3.11. The lowest BCUT2D eigenvalue weighted by molar-refractivity contribution is 0.0624. The largest absolute Gasteiger partial charge is 0.476 e. The Morgan fingerprint density at radius 3 is 2.33 bits per heavy atom. The Morgan fingerprint density at radius 1 is 1.28 bits per heavy atom. The van der Waals surface area contributed by atoms with Crippen LogP contribution in [0.15, 0.2) is 10.5 Å². The second kappa shape index (κ2) is 4.60. The third-order valence-corrected chi connectivity index (χ3v) is 3.40. The van der Waals surface area contributed by atoms with Crippen molar-refractivity contribution in [3.05, 3.63) is 26.2 Å². The molecule has 0 saturated carbocycles. The summed E-state index contributed by atoms with van der Waals surface area (Å²) in [6, 6.07) is 1.41. The first-order valence-electron chi connectivity index (χ1n) is 4.32. The lowest BCUT2D eigenvalue weighted by Crippen LogP contribution is -2.05. The molecule has 18 heavy (non-hydrogen) atoms. The molecule has 2 N–H and O–H groups in total. The van der Waals surface area contributed by atoms with E-state index in [0.29, 0.717) is 4.34 Å². The number of halogens is 2. The Kier molecular flexibility index (Phi) is 3.29. The summed E-state index contributed by atoms with van der Waals surface area (Å²) in [6.07, 6.45) is 0. The van der Waals surface area contributed by atoms with E-state index in [1.165, 1.54) is 6.07 Å². The van der Waals surface area contributed by atoms with Gasteiger partial charge in [-0.15, -0.1) is 11.3 Å². The normalized spacial score (nSPS) is 10.6. The van der Waals surface area contributed by atoms with Crippen LogP contribution in [0.1, 0.15) is 21.0 Å². The van der Waals surface area contributed by atoms with E-state index in [1.807, 2.05) is 0 Å². The number of thiophene rings is 1. The minimum Gasteiger partial charge on any atom is -0.476 e. The summed E-state index contributed by atoms with van der Waals surface area (Å²) >= 11 is 12.6. The summed E-state index contributed by atoms with van der Waals surface area (Å²) in [4.78, 5) is 25.2. The number of carboxylic acids is 2. The maximum atomic E-state index is 10.8. The van der Waals surface area contributed by atoms with Gasteiger partial charge in [-0.2, -0.15) is 0 Å². The molecule has 0 aliphatic rings. The van der Waals surface area contributed by atoms with E-state index < -0.39 is 23.4 Å². The number of oxazole rings is 1. The number of aromatic carboxylic acids is 2. The monoisotopic (exact) mass is 307 g/mol. The van der Waals surface area contributed by atoms with E-state index in [1.54, 1.807) is 0 Å². The molecule has 0 atom stereocenters. The van der Waals surface area contributed by atoms with Gasteiger partial charge in [0.15, 0.2) is 0 Å². The van der Waals surface area contributed by atoms with Crippen LogP contribution in [0.2, 0.25) is 8.67 Å². The molecule has 0 amide bonds. The average Bonchev–Trinajstić information content (AvgIpc) is 2.81.